The van der Waals surface area contributed by atoms with Crippen LogP contribution in [0.15, 0.2) is 11.4 Å². The Balaban J connectivity index is 1.84. The largest absolute Gasteiger partial charge is 0.384 e. The number of carbonyl (C=O) groups is 2. The minimum absolute atomic E-state index is 0.0470. The van der Waals surface area contributed by atoms with Crippen molar-refractivity contribution < 1.29 is 14.7 Å². The molecule has 1 aromatic heterocycles. The Morgan fingerprint density at radius 1 is 1.55 bits per heavy atom. The molecule has 20 heavy (non-hydrogen) atoms. The number of amides is 2. The van der Waals surface area contributed by atoms with Gasteiger partial charge in [0.05, 0.1) is 13.1 Å². The molecule has 2 N–H and O–H groups in total. The summed E-state index contributed by atoms with van der Waals surface area (Å²) in [6, 6.07) is 1.86. The number of thiophene rings is 1. The van der Waals surface area contributed by atoms with Gasteiger partial charge in [0.25, 0.3) is 0 Å². The molecule has 5 nitrogen and oxygen atoms in total. The Bertz CT molecular complexity index is 556. The van der Waals surface area contributed by atoms with E-state index >= 15 is 0 Å². The second-order valence-electron chi connectivity index (χ2n) is 4.41. The average Bonchev–Trinajstić information content (AvgIpc) is 3.04. The van der Waals surface area contributed by atoms with Crippen LogP contribution in [0.2, 0.25) is 0 Å². The topological polar surface area (TPSA) is 69.6 Å². The summed E-state index contributed by atoms with van der Waals surface area (Å²) in [5, 5.41) is 13.4. The number of aliphatic hydroxyl groups excluding tert-OH is 1. The Kier molecular flexibility index (Phi) is 5.16. The van der Waals surface area contributed by atoms with Gasteiger partial charge in [-0.2, -0.15) is 0 Å². The third-order valence-electron chi connectivity index (χ3n) is 3.00. The van der Waals surface area contributed by atoms with Crippen molar-refractivity contribution >= 4 is 23.2 Å². The molecule has 2 amide bonds. The van der Waals surface area contributed by atoms with Crippen molar-refractivity contribution in [3.8, 4) is 11.8 Å². The van der Waals surface area contributed by atoms with Crippen LogP contribution >= 0.6 is 11.3 Å². The Hall–Kier alpha value is -1.84. The van der Waals surface area contributed by atoms with Crippen LogP contribution < -0.4 is 5.32 Å². The summed E-state index contributed by atoms with van der Waals surface area (Å²) in [5.74, 6) is 5.32. The van der Waals surface area contributed by atoms with E-state index in [4.69, 9.17) is 5.11 Å². The third kappa shape index (κ3) is 3.83. The summed E-state index contributed by atoms with van der Waals surface area (Å²) in [7, 11) is 0. The first-order valence-electron chi connectivity index (χ1n) is 6.41. The lowest BCUT2D eigenvalue weighted by molar-refractivity contribution is -0.133. The lowest BCUT2D eigenvalue weighted by Crippen LogP contribution is -2.37. The predicted octanol–water partition coefficient (Wildman–Crippen LogP) is 0.331. The van der Waals surface area contributed by atoms with E-state index in [1.807, 2.05) is 11.4 Å². The highest BCUT2D eigenvalue weighted by Gasteiger charge is 2.22. The fourth-order valence-electron chi connectivity index (χ4n) is 2.00. The van der Waals surface area contributed by atoms with Gasteiger partial charge in [0.2, 0.25) is 11.8 Å². The highest BCUT2D eigenvalue weighted by Crippen LogP contribution is 2.15. The first kappa shape index (κ1) is 14.6. The van der Waals surface area contributed by atoms with E-state index in [9.17, 15) is 9.59 Å². The zero-order chi connectivity index (χ0) is 14.4. The molecule has 1 saturated heterocycles. The van der Waals surface area contributed by atoms with Crippen LogP contribution in [0.1, 0.15) is 23.3 Å². The maximum Gasteiger partial charge on any atom is 0.239 e. The highest BCUT2D eigenvalue weighted by atomic mass is 32.1. The second kappa shape index (κ2) is 7.08. The minimum atomic E-state index is -0.182. The molecule has 1 aliphatic rings. The number of hydrogen-bond donors (Lipinski definition) is 2. The first-order chi connectivity index (χ1) is 9.70. The summed E-state index contributed by atoms with van der Waals surface area (Å²) < 4.78 is 0. The van der Waals surface area contributed by atoms with Gasteiger partial charge in [-0.1, -0.05) is 11.8 Å². The van der Waals surface area contributed by atoms with Crippen molar-refractivity contribution in [2.24, 2.45) is 0 Å². The van der Waals surface area contributed by atoms with Crippen LogP contribution in [0, 0.1) is 11.8 Å². The Morgan fingerprint density at radius 3 is 3.10 bits per heavy atom. The molecule has 0 spiro atoms. The molecule has 1 aromatic rings. The van der Waals surface area contributed by atoms with Crippen molar-refractivity contribution in [3.63, 3.8) is 0 Å². The number of aliphatic hydroxyl groups is 1. The fraction of sp³-hybridized carbons (Fsp3) is 0.429. The summed E-state index contributed by atoms with van der Waals surface area (Å²) in [5.41, 5.74) is 0.821. The molecule has 1 aliphatic heterocycles. The molecule has 6 heteroatoms. The fourth-order valence-corrected chi connectivity index (χ4v) is 2.77. The lowest BCUT2D eigenvalue weighted by Gasteiger charge is -2.14. The molecule has 1 fully saturated rings. The van der Waals surface area contributed by atoms with Crippen molar-refractivity contribution in [3.05, 3.63) is 21.9 Å². The van der Waals surface area contributed by atoms with Gasteiger partial charge in [-0.15, -0.1) is 11.3 Å². The molecule has 2 rings (SSSR count). The molecule has 0 saturated carbocycles. The molecule has 0 radical (unpaired) electrons. The van der Waals surface area contributed by atoms with Gasteiger partial charge >= 0.3 is 0 Å². The van der Waals surface area contributed by atoms with E-state index in [2.05, 4.69) is 17.2 Å². The van der Waals surface area contributed by atoms with Gasteiger partial charge in [0.1, 0.15) is 6.61 Å². The summed E-state index contributed by atoms with van der Waals surface area (Å²) in [6.45, 7) is 1.01. The van der Waals surface area contributed by atoms with Gasteiger partial charge in [-0.25, -0.2) is 0 Å². The standard InChI is InChI=1S/C14H16N2O3S/c17-7-2-3-11-5-8-20-12(11)9-15-13(18)10-16-6-1-4-14(16)19/h5,8,17H,1,4,6-7,9-10H2,(H,15,18). The van der Waals surface area contributed by atoms with Crippen LogP contribution in [0.25, 0.3) is 0 Å². The highest BCUT2D eigenvalue weighted by molar-refractivity contribution is 7.10. The predicted molar refractivity (Wildman–Crippen MR) is 75.9 cm³/mol. The van der Waals surface area contributed by atoms with Gasteiger partial charge in [-0.05, 0) is 17.9 Å². The van der Waals surface area contributed by atoms with Crippen molar-refractivity contribution in [2.45, 2.75) is 19.4 Å². The third-order valence-corrected chi connectivity index (χ3v) is 3.92. The second-order valence-corrected chi connectivity index (χ2v) is 5.41. The van der Waals surface area contributed by atoms with Gasteiger partial charge in [0, 0.05) is 23.4 Å². The lowest BCUT2D eigenvalue weighted by atomic mass is 10.2. The molecule has 0 unspecified atom stereocenters. The van der Waals surface area contributed by atoms with Gasteiger partial charge < -0.3 is 15.3 Å². The summed E-state index contributed by atoms with van der Waals surface area (Å²) >= 11 is 1.51. The van der Waals surface area contributed by atoms with Gasteiger partial charge in [-0.3, -0.25) is 9.59 Å². The number of hydrogen-bond acceptors (Lipinski definition) is 4. The Morgan fingerprint density at radius 2 is 2.40 bits per heavy atom. The molecule has 0 aromatic carbocycles. The van der Waals surface area contributed by atoms with Crippen LogP contribution in [0.4, 0.5) is 0 Å². The molecule has 0 bridgehead atoms. The summed E-state index contributed by atoms with van der Waals surface area (Å²) in [4.78, 5) is 25.7. The van der Waals surface area contributed by atoms with Crippen LogP contribution in [0.5, 0.6) is 0 Å². The number of nitrogens with zero attached hydrogens (tertiary/aromatic N) is 1. The molecule has 0 aliphatic carbocycles. The molecule has 2 heterocycles. The maximum atomic E-state index is 11.8. The smallest absolute Gasteiger partial charge is 0.239 e. The van der Waals surface area contributed by atoms with Crippen LogP contribution in [0.3, 0.4) is 0 Å². The normalized spacial score (nSPS) is 14.1. The molecule has 0 atom stereocenters. The van der Waals surface area contributed by atoms with E-state index in [1.165, 1.54) is 11.3 Å². The van der Waals surface area contributed by atoms with E-state index in [-0.39, 0.29) is 25.0 Å². The van der Waals surface area contributed by atoms with E-state index < -0.39 is 0 Å². The molecular formula is C14H16N2O3S. The zero-order valence-corrected chi connectivity index (χ0v) is 11.8. The first-order valence-corrected chi connectivity index (χ1v) is 7.29. The zero-order valence-electron chi connectivity index (χ0n) is 11.0. The van der Waals surface area contributed by atoms with E-state index in [0.717, 1.165) is 16.9 Å². The minimum Gasteiger partial charge on any atom is -0.384 e. The van der Waals surface area contributed by atoms with Crippen molar-refractivity contribution in [1.29, 1.82) is 0 Å². The van der Waals surface area contributed by atoms with Crippen molar-refractivity contribution in [1.82, 2.24) is 10.2 Å². The van der Waals surface area contributed by atoms with E-state index in [0.29, 0.717) is 19.5 Å². The summed E-state index contributed by atoms with van der Waals surface area (Å²) in [6.07, 6.45) is 1.37. The Labute approximate surface area is 121 Å². The number of likely N-dealkylation sites (tertiary alicyclic amines) is 1. The van der Waals surface area contributed by atoms with Crippen LogP contribution in [-0.2, 0) is 16.1 Å². The molecular weight excluding hydrogens is 276 g/mol. The van der Waals surface area contributed by atoms with E-state index in [1.54, 1.807) is 4.90 Å². The SMILES string of the molecule is O=C(CN1CCCC1=O)NCc1sccc1C#CCO. The van der Waals surface area contributed by atoms with Crippen LogP contribution in [-0.4, -0.2) is 41.5 Å². The molecule has 106 valence electrons. The van der Waals surface area contributed by atoms with Crippen molar-refractivity contribution in [2.75, 3.05) is 19.7 Å². The monoisotopic (exact) mass is 292 g/mol. The average molecular weight is 292 g/mol. The number of rotatable bonds is 4. The van der Waals surface area contributed by atoms with Gasteiger partial charge in [0.15, 0.2) is 0 Å². The quantitative estimate of drug-likeness (QED) is 0.786. The number of nitrogens with one attached hydrogen (secondary N) is 1. The number of carbonyl (C=O) groups excluding carboxylic acids is 2. The maximum absolute atomic E-state index is 11.8.